The summed E-state index contributed by atoms with van der Waals surface area (Å²) in [5.41, 5.74) is 0.460. The number of esters is 1. The lowest BCUT2D eigenvalue weighted by atomic mass is 10.2. The Hall–Kier alpha value is -1.94. The van der Waals surface area contributed by atoms with Crippen LogP contribution in [0.5, 0.6) is 5.75 Å². The lowest BCUT2D eigenvalue weighted by Gasteiger charge is -2.11. The van der Waals surface area contributed by atoms with Crippen LogP contribution in [0.1, 0.15) is 10.4 Å². The van der Waals surface area contributed by atoms with E-state index >= 15 is 0 Å². The van der Waals surface area contributed by atoms with Crippen molar-refractivity contribution < 1.29 is 14.3 Å². The average molecular weight is 274 g/mol. The highest BCUT2D eigenvalue weighted by Crippen LogP contribution is 2.35. The van der Waals surface area contributed by atoms with Crippen molar-refractivity contribution in [1.29, 1.82) is 0 Å². The van der Waals surface area contributed by atoms with E-state index in [1.54, 1.807) is 13.2 Å². The summed E-state index contributed by atoms with van der Waals surface area (Å²) in [5.74, 6) is 0.128. The van der Waals surface area contributed by atoms with Gasteiger partial charge in [0.25, 0.3) is 0 Å². The molecule has 19 heavy (non-hydrogen) atoms. The van der Waals surface area contributed by atoms with Gasteiger partial charge in [-0.25, -0.2) is 4.79 Å². The van der Waals surface area contributed by atoms with Gasteiger partial charge in [0.05, 0.1) is 14.2 Å². The first-order valence-electron chi connectivity index (χ1n) is 5.74. The molecule has 4 heteroatoms. The molecule has 0 aliphatic carbocycles. The molecule has 2 aromatic carbocycles. The van der Waals surface area contributed by atoms with Gasteiger partial charge in [-0.05, 0) is 24.3 Å². The highest BCUT2D eigenvalue weighted by atomic mass is 32.2. The predicted molar refractivity (Wildman–Crippen MR) is 74.9 cm³/mol. The number of carbonyl (C=O) groups is 1. The fourth-order valence-corrected chi connectivity index (χ4v) is 2.66. The average Bonchev–Trinajstić information content (AvgIpc) is 2.47. The maximum atomic E-state index is 11.9. The van der Waals surface area contributed by atoms with Gasteiger partial charge < -0.3 is 9.47 Å². The van der Waals surface area contributed by atoms with Crippen LogP contribution in [0.4, 0.5) is 0 Å². The van der Waals surface area contributed by atoms with Gasteiger partial charge in [0.1, 0.15) is 11.3 Å². The summed E-state index contributed by atoms with van der Waals surface area (Å²) >= 11 is 1.51. The van der Waals surface area contributed by atoms with Crippen LogP contribution in [-0.4, -0.2) is 20.2 Å². The van der Waals surface area contributed by atoms with E-state index in [4.69, 9.17) is 9.47 Å². The largest absolute Gasteiger partial charge is 0.496 e. The minimum Gasteiger partial charge on any atom is -0.496 e. The topological polar surface area (TPSA) is 35.5 Å². The number of carbonyl (C=O) groups excluding carboxylic acids is 1. The summed E-state index contributed by atoms with van der Waals surface area (Å²) in [6.45, 7) is 0. The van der Waals surface area contributed by atoms with Crippen LogP contribution in [0.15, 0.2) is 58.3 Å². The first-order chi connectivity index (χ1) is 9.26. The number of rotatable bonds is 4. The molecule has 0 saturated carbocycles. The van der Waals surface area contributed by atoms with E-state index < -0.39 is 5.97 Å². The van der Waals surface area contributed by atoms with E-state index in [0.717, 1.165) is 9.79 Å². The highest BCUT2D eigenvalue weighted by molar-refractivity contribution is 7.99. The molecule has 0 aliphatic rings. The molecule has 0 N–H and O–H groups in total. The Morgan fingerprint density at radius 1 is 1.00 bits per heavy atom. The number of ether oxygens (including phenoxy) is 2. The number of benzene rings is 2. The molecule has 0 heterocycles. The molecule has 0 unspecified atom stereocenters. The van der Waals surface area contributed by atoms with Crippen molar-refractivity contribution in [2.24, 2.45) is 0 Å². The maximum Gasteiger partial charge on any atom is 0.342 e. The Bertz CT molecular complexity index is 567. The molecule has 98 valence electrons. The second-order valence-electron chi connectivity index (χ2n) is 3.74. The number of hydrogen-bond donors (Lipinski definition) is 0. The van der Waals surface area contributed by atoms with Gasteiger partial charge in [0.2, 0.25) is 0 Å². The highest BCUT2D eigenvalue weighted by Gasteiger charge is 2.18. The molecular formula is C15H14O3S. The van der Waals surface area contributed by atoms with E-state index in [0.29, 0.717) is 11.3 Å². The van der Waals surface area contributed by atoms with Crippen LogP contribution >= 0.6 is 11.8 Å². The molecule has 2 aromatic rings. The Morgan fingerprint density at radius 2 is 1.74 bits per heavy atom. The molecular weight excluding hydrogens is 260 g/mol. The molecule has 2 rings (SSSR count). The number of hydrogen-bond acceptors (Lipinski definition) is 4. The molecule has 0 amide bonds. The molecule has 0 bridgehead atoms. The molecule has 0 saturated heterocycles. The van der Waals surface area contributed by atoms with Gasteiger partial charge in [-0.1, -0.05) is 36.0 Å². The smallest absolute Gasteiger partial charge is 0.342 e. The molecule has 3 nitrogen and oxygen atoms in total. The van der Waals surface area contributed by atoms with E-state index in [1.165, 1.54) is 18.9 Å². The van der Waals surface area contributed by atoms with E-state index in [2.05, 4.69) is 0 Å². The summed E-state index contributed by atoms with van der Waals surface area (Å²) in [6, 6.07) is 15.3. The summed E-state index contributed by atoms with van der Waals surface area (Å²) in [7, 11) is 2.91. The van der Waals surface area contributed by atoms with Crippen LogP contribution in [0.25, 0.3) is 0 Å². The van der Waals surface area contributed by atoms with Gasteiger partial charge in [-0.15, -0.1) is 0 Å². The SMILES string of the molecule is COC(=O)c1c(OC)cccc1Sc1ccccc1. The van der Waals surface area contributed by atoms with Gasteiger partial charge in [-0.2, -0.15) is 0 Å². The molecule has 0 aliphatic heterocycles. The quantitative estimate of drug-likeness (QED) is 0.797. The first-order valence-corrected chi connectivity index (χ1v) is 6.56. The second kappa shape index (κ2) is 6.29. The van der Waals surface area contributed by atoms with E-state index in [9.17, 15) is 4.79 Å². The van der Waals surface area contributed by atoms with Crippen molar-refractivity contribution in [3.05, 3.63) is 54.1 Å². The first kappa shape index (κ1) is 13.5. The third-order valence-corrected chi connectivity index (χ3v) is 3.64. The summed E-state index contributed by atoms with van der Waals surface area (Å²) < 4.78 is 10.1. The van der Waals surface area contributed by atoms with Crippen molar-refractivity contribution >= 4 is 17.7 Å². The lowest BCUT2D eigenvalue weighted by Crippen LogP contribution is -2.05. The minimum atomic E-state index is -0.393. The standard InChI is InChI=1S/C15H14O3S/c1-17-12-9-6-10-13(14(12)15(16)18-2)19-11-7-4-3-5-8-11/h3-10H,1-2H3. The van der Waals surface area contributed by atoms with E-state index in [1.807, 2.05) is 42.5 Å². The van der Waals surface area contributed by atoms with Crippen molar-refractivity contribution in [3.63, 3.8) is 0 Å². The Labute approximate surface area is 116 Å². The molecule has 0 fully saturated rings. The van der Waals surface area contributed by atoms with Crippen molar-refractivity contribution in [3.8, 4) is 5.75 Å². The zero-order valence-corrected chi connectivity index (χ0v) is 11.6. The minimum absolute atomic E-state index is 0.393. The third-order valence-electron chi connectivity index (χ3n) is 2.57. The maximum absolute atomic E-state index is 11.9. The zero-order valence-electron chi connectivity index (χ0n) is 10.8. The molecule has 0 radical (unpaired) electrons. The van der Waals surface area contributed by atoms with Gasteiger partial charge in [0.15, 0.2) is 0 Å². The van der Waals surface area contributed by atoms with Crippen LogP contribution in [0.3, 0.4) is 0 Å². The molecule has 0 aromatic heterocycles. The monoisotopic (exact) mass is 274 g/mol. The molecule has 0 spiro atoms. The van der Waals surface area contributed by atoms with Crippen LogP contribution in [0.2, 0.25) is 0 Å². The predicted octanol–water partition coefficient (Wildman–Crippen LogP) is 3.63. The Morgan fingerprint density at radius 3 is 2.37 bits per heavy atom. The Balaban J connectivity index is 2.42. The summed E-state index contributed by atoms with van der Waals surface area (Å²) in [4.78, 5) is 13.8. The van der Waals surface area contributed by atoms with Crippen molar-refractivity contribution in [1.82, 2.24) is 0 Å². The van der Waals surface area contributed by atoms with Crippen molar-refractivity contribution in [2.45, 2.75) is 9.79 Å². The zero-order chi connectivity index (χ0) is 13.7. The summed E-state index contributed by atoms with van der Waals surface area (Å²) in [5, 5.41) is 0. The van der Waals surface area contributed by atoms with Crippen LogP contribution < -0.4 is 4.74 Å². The third kappa shape index (κ3) is 3.09. The van der Waals surface area contributed by atoms with Gasteiger partial charge >= 0.3 is 5.97 Å². The lowest BCUT2D eigenvalue weighted by molar-refractivity contribution is 0.0593. The van der Waals surface area contributed by atoms with Crippen molar-refractivity contribution in [2.75, 3.05) is 14.2 Å². The fourth-order valence-electron chi connectivity index (χ4n) is 1.68. The second-order valence-corrected chi connectivity index (χ2v) is 4.86. The van der Waals surface area contributed by atoms with Crippen LogP contribution in [-0.2, 0) is 4.74 Å². The van der Waals surface area contributed by atoms with Gasteiger partial charge in [0, 0.05) is 9.79 Å². The molecule has 0 atom stereocenters. The Kier molecular flexibility index (Phi) is 4.47. The van der Waals surface area contributed by atoms with Gasteiger partial charge in [-0.3, -0.25) is 0 Å². The normalized spacial score (nSPS) is 10.0. The fraction of sp³-hybridized carbons (Fsp3) is 0.133. The van der Waals surface area contributed by atoms with E-state index in [-0.39, 0.29) is 0 Å². The number of methoxy groups -OCH3 is 2. The summed E-state index contributed by atoms with van der Waals surface area (Å²) in [6.07, 6.45) is 0. The van der Waals surface area contributed by atoms with Crippen LogP contribution in [0, 0.1) is 0 Å².